The molecule has 0 aliphatic carbocycles. The summed E-state index contributed by atoms with van der Waals surface area (Å²) in [5.41, 5.74) is 4.83. The van der Waals surface area contributed by atoms with Crippen LogP contribution >= 0.6 is 0 Å². The molecule has 3 aromatic carbocycles. The van der Waals surface area contributed by atoms with Crippen LogP contribution in [-0.2, 0) is 16.6 Å². The molecule has 0 heterocycles. The number of hydrogen-bond acceptors (Lipinski definition) is 3. The zero-order chi connectivity index (χ0) is 23.5. The second-order valence-corrected chi connectivity index (χ2v) is 9.90. The minimum Gasteiger partial charge on any atom is -0.346 e. The first-order valence-corrected chi connectivity index (χ1v) is 12.1. The molecule has 0 saturated heterocycles. The van der Waals surface area contributed by atoms with E-state index in [-0.39, 0.29) is 24.3 Å². The Morgan fingerprint density at radius 1 is 1.00 bits per heavy atom. The summed E-state index contributed by atoms with van der Waals surface area (Å²) in [6, 6.07) is 18.0. The van der Waals surface area contributed by atoms with E-state index in [2.05, 4.69) is 11.4 Å². The van der Waals surface area contributed by atoms with E-state index in [0.717, 1.165) is 22.9 Å². The average molecular weight is 455 g/mol. The highest BCUT2D eigenvalue weighted by Gasteiger charge is 2.19. The molecule has 3 rings (SSSR count). The minimum atomic E-state index is -3.58. The van der Waals surface area contributed by atoms with Crippen LogP contribution in [0.3, 0.4) is 0 Å². The van der Waals surface area contributed by atoms with Crippen LogP contribution in [0.2, 0.25) is 0 Å². The van der Waals surface area contributed by atoms with Crippen LogP contribution in [0.4, 0.5) is 10.1 Å². The summed E-state index contributed by atoms with van der Waals surface area (Å²) in [6.45, 7) is 6.03. The normalized spacial score (nSPS) is 12.3. The Balaban J connectivity index is 1.76. The van der Waals surface area contributed by atoms with E-state index >= 15 is 0 Å². The third-order valence-electron chi connectivity index (χ3n) is 5.30. The Kier molecular flexibility index (Phi) is 6.99. The van der Waals surface area contributed by atoms with E-state index in [1.165, 1.54) is 16.4 Å². The predicted molar refractivity (Wildman–Crippen MR) is 126 cm³/mol. The first-order chi connectivity index (χ1) is 15.0. The monoisotopic (exact) mass is 454 g/mol. The summed E-state index contributed by atoms with van der Waals surface area (Å²) in [5.74, 6) is -0.626. The molecule has 0 fully saturated rings. The van der Waals surface area contributed by atoms with Crippen molar-refractivity contribution in [1.82, 2.24) is 5.32 Å². The van der Waals surface area contributed by atoms with E-state index in [1.54, 1.807) is 36.4 Å². The smallest absolute Gasteiger partial charge is 0.251 e. The van der Waals surface area contributed by atoms with Gasteiger partial charge in [0.15, 0.2) is 0 Å². The SMILES string of the molecule is Cc1ccc([C@H](C)NC(=O)c2ccc(N(Cc3ccc(F)cc3)S(C)(=O)=O)cc2)c(C)c1. The van der Waals surface area contributed by atoms with E-state index < -0.39 is 10.0 Å². The third-order valence-corrected chi connectivity index (χ3v) is 6.44. The number of halogens is 1. The Morgan fingerprint density at radius 2 is 1.62 bits per heavy atom. The molecule has 1 N–H and O–H groups in total. The van der Waals surface area contributed by atoms with Crippen molar-refractivity contribution in [2.45, 2.75) is 33.4 Å². The summed E-state index contributed by atoms with van der Waals surface area (Å²) < 4.78 is 39.1. The average Bonchev–Trinajstić information content (AvgIpc) is 2.72. The maximum Gasteiger partial charge on any atom is 0.251 e. The van der Waals surface area contributed by atoms with Gasteiger partial charge in [0, 0.05) is 5.56 Å². The molecule has 1 atom stereocenters. The number of benzene rings is 3. The number of amides is 1. The van der Waals surface area contributed by atoms with Crippen molar-refractivity contribution in [3.63, 3.8) is 0 Å². The molecule has 0 saturated carbocycles. The molecule has 0 unspecified atom stereocenters. The second-order valence-electron chi connectivity index (χ2n) is 8.00. The summed E-state index contributed by atoms with van der Waals surface area (Å²) >= 11 is 0. The Bertz CT molecular complexity index is 1210. The maximum atomic E-state index is 13.2. The van der Waals surface area contributed by atoms with Gasteiger partial charge in [-0.15, -0.1) is 0 Å². The first kappa shape index (κ1) is 23.5. The quantitative estimate of drug-likeness (QED) is 0.552. The van der Waals surface area contributed by atoms with Crippen LogP contribution in [0.25, 0.3) is 0 Å². The molecule has 3 aromatic rings. The number of aryl methyl sites for hydroxylation is 2. The Morgan fingerprint density at radius 3 is 2.19 bits per heavy atom. The third kappa shape index (κ3) is 5.73. The fourth-order valence-electron chi connectivity index (χ4n) is 3.60. The molecule has 0 bridgehead atoms. The molecule has 0 radical (unpaired) electrons. The molecule has 0 spiro atoms. The van der Waals surface area contributed by atoms with Crippen LogP contribution in [0.5, 0.6) is 0 Å². The van der Waals surface area contributed by atoms with Gasteiger partial charge in [0.05, 0.1) is 24.5 Å². The van der Waals surface area contributed by atoms with Gasteiger partial charge in [-0.25, -0.2) is 12.8 Å². The minimum absolute atomic E-state index is 0.0639. The molecule has 7 heteroatoms. The molecule has 1 amide bonds. The topological polar surface area (TPSA) is 66.5 Å². The first-order valence-electron chi connectivity index (χ1n) is 10.2. The molecule has 0 aliphatic heterocycles. The fourth-order valence-corrected chi connectivity index (χ4v) is 4.49. The lowest BCUT2D eigenvalue weighted by Gasteiger charge is -2.23. The summed E-state index contributed by atoms with van der Waals surface area (Å²) in [6.07, 6.45) is 1.11. The lowest BCUT2D eigenvalue weighted by Crippen LogP contribution is -2.30. The van der Waals surface area contributed by atoms with Crippen LogP contribution in [0.15, 0.2) is 66.7 Å². The van der Waals surface area contributed by atoms with Crippen molar-refractivity contribution < 1.29 is 17.6 Å². The fraction of sp³-hybridized carbons (Fsp3) is 0.240. The van der Waals surface area contributed by atoms with Gasteiger partial charge in [-0.2, -0.15) is 0 Å². The van der Waals surface area contributed by atoms with E-state index in [0.29, 0.717) is 16.8 Å². The van der Waals surface area contributed by atoms with Gasteiger partial charge < -0.3 is 5.32 Å². The number of anilines is 1. The molecular weight excluding hydrogens is 427 g/mol. The highest BCUT2D eigenvalue weighted by molar-refractivity contribution is 7.92. The number of nitrogens with one attached hydrogen (secondary N) is 1. The Labute approximate surface area is 188 Å². The number of hydrogen-bond donors (Lipinski definition) is 1. The van der Waals surface area contributed by atoms with E-state index in [9.17, 15) is 17.6 Å². The standard InChI is InChI=1S/C25H27FN2O3S/c1-17-5-14-24(18(2)15-17)19(3)27-25(29)21-8-12-23(13-9-21)28(32(4,30)31)16-20-6-10-22(26)11-7-20/h5-15,19H,16H2,1-4H3,(H,27,29)/t19-/m0/s1. The number of carbonyl (C=O) groups excluding carboxylic acids is 1. The Hall–Kier alpha value is -3.19. The zero-order valence-corrected chi connectivity index (χ0v) is 19.4. The van der Waals surface area contributed by atoms with Gasteiger partial charge in [-0.3, -0.25) is 9.10 Å². The number of carbonyl (C=O) groups is 1. The van der Waals surface area contributed by atoms with Crippen molar-refractivity contribution in [3.05, 3.63) is 100 Å². The summed E-state index contributed by atoms with van der Waals surface area (Å²) in [4.78, 5) is 12.7. The molecule has 0 aromatic heterocycles. The van der Waals surface area contributed by atoms with E-state index in [4.69, 9.17) is 0 Å². The lowest BCUT2D eigenvalue weighted by molar-refractivity contribution is 0.0940. The summed E-state index contributed by atoms with van der Waals surface area (Å²) in [7, 11) is -3.58. The number of rotatable bonds is 7. The van der Waals surface area contributed by atoms with E-state index in [1.807, 2.05) is 32.9 Å². The lowest BCUT2D eigenvalue weighted by atomic mass is 10.00. The van der Waals surface area contributed by atoms with Crippen LogP contribution in [-0.4, -0.2) is 20.6 Å². The predicted octanol–water partition coefficient (Wildman–Crippen LogP) is 4.90. The number of sulfonamides is 1. The van der Waals surface area contributed by atoms with Gasteiger partial charge in [0.25, 0.3) is 5.91 Å². The van der Waals surface area contributed by atoms with Gasteiger partial charge >= 0.3 is 0 Å². The van der Waals surface area contributed by atoms with Gasteiger partial charge in [-0.05, 0) is 73.9 Å². The summed E-state index contributed by atoms with van der Waals surface area (Å²) in [5, 5.41) is 2.99. The van der Waals surface area contributed by atoms with Gasteiger partial charge in [0.2, 0.25) is 10.0 Å². The van der Waals surface area contributed by atoms with Crippen molar-refractivity contribution in [2.24, 2.45) is 0 Å². The second kappa shape index (κ2) is 9.53. The molecule has 168 valence electrons. The highest BCUT2D eigenvalue weighted by Crippen LogP contribution is 2.23. The van der Waals surface area contributed by atoms with Crippen LogP contribution in [0.1, 0.15) is 45.6 Å². The van der Waals surface area contributed by atoms with Crippen molar-refractivity contribution in [2.75, 3.05) is 10.6 Å². The zero-order valence-electron chi connectivity index (χ0n) is 18.6. The van der Waals surface area contributed by atoms with Crippen molar-refractivity contribution in [1.29, 1.82) is 0 Å². The molecule has 32 heavy (non-hydrogen) atoms. The van der Waals surface area contributed by atoms with Crippen molar-refractivity contribution in [3.8, 4) is 0 Å². The molecule has 5 nitrogen and oxygen atoms in total. The largest absolute Gasteiger partial charge is 0.346 e. The van der Waals surface area contributed by atoms with Crippen LogP contribution < -0.4 is 9.62 Å². The number of nitrogens with zero attached hydrogens (tertiary/aromatic N) is 1. The van der Waals surface area contributed by atoms with Gasteiger partial charge in [-0.1, -0.05) is 35.9 Å². The molecular formula is C25H27FN2O3S. The van der Waals surface area contributed by atoms with Gasteiger partial charge in [0.1, 0.15) is 5.82 Å². The van der Waals surface area contributed by atoms with Crippen molar-refractivity contribution >= 4 is 21.6 Å². The maximum absolute atomic E-state index is 13.2. The van der Waals surface area contributed by atoms with Crippen LogP contribution in [0, 0.1) is 19.7 Å². The molecule has 0 aliphatic rings. The highest BCUT2D eigenvalue weighted by atomic mass is 32.2.